The quantitative estimate of drug-likeness (QED) is 0.696. The number of fused-ring (bicyclic) bond motifs is 1. The number of halogens is 3. The molecule has 3 atom stereocenters. The standard InChI is InChI=1S/C21H24F3NO3/c1-4-6-7-11(5-2)18-17(21(27)28)20(26)16-10(3)12(22)8-14(24)19(16)25(18)15-9-13(15)23/h8,11,13,15H,4-7,9H2,1-3H3,(H,27,28)/t11?,13-,15+/m0/s1. The van der Waals surface area contributed by atoms with Crippen LogP contribution in [0.15, 0.2) is 10.9 Å². The second-order valence-electron chi connectivity index (χ2n) is 7.52. The minimum Gasteiger partial charge on any atom is -0.477 e. The summed E-state index contributed by atoms with van der Waals surface area (Å²) in [6, 6.07) is -0.0632. The first-order valence-corrected chi connectivity index (χ1v) is 9.68. The third-order valence-corrected chi connectivity index (χ3v) is 5.67. The second-order valence-corrected chi connectivity index (χ2v) is 7.52. The van der Waals surface area contributed by atoms with Crippen LogP contribution in [0.3, 0.4) is 0 Å². The summed E-state index contributed by atoms with van der Waals surface area (Å²) in [5, 5.41) is 9.49. The summed E-state index contributed by atoms with van der Waals surface area (Å²) in [4.78, 5) is 25.1. The fourth-order valence-electron chi connectivity index (χ4n) is 4.06. The molecule has 0 bridgehead atoms. The van der Waals surface area contributed by atoms with Crippen molar-refractivity contribution >= 4 is 16.9 Å². The maximum Gasteiger partial charge on any atom is 0.341 e. The number of alkyl halides is 1. The predicted octanol–water partition coefficient (Wildman–Crippen LogP) is 5.25. The van der Waals surface area contributed by atoms with Crippen LogP contribution in [-0.2, 0) is 0 Å². The largest absolute Gasteiger partial charge is 0.477 e. The highest BCUT2D eigenvalue weighted by Crippen LogP contribution is 2.45. The fraction of sp³-hybridized carbons (Fsp3) is 0.524. The Morgan fingerprint density at radius 3 is 2.46 bits per heavy atom. The molecule has 1 heterocycles. The molecular formula is C21H24F3NO3. The normalized spacial score (nSPS) is 19.8. The molecule has 1 aliphatic carbocycles. The Balaban J connectivity index is 2.51. The topological polar surface area (TPSA) is 59.3 Å². The van der Waals surface area contributed by atoms with E-state index >= 15 is 0 Å². The van der Waals surface area contributed by atoms with Crippen molar-refractivity contribution in [2.24, 2.45) is 0 Å². The summed E-state index contributed by atoms with van der Waals surface area (Å²) < 4.78 is 44.4. The van der Waals surface area contributed by atoms with Crippen molar-refractivity contribution in [3.05, 3.63) is 44.7 Å². The molecule has 1 aromatic carbocycles. The van der Waals surface area contributed by atoms with Crippen LogP contribution >= 0.6 is 0 Å². The molecule has 0 radical (unpaired) electrons. The van der Waals surface area contributed by atoms with Crippen LogP contribution in [-0.4, -0.2) is 21.8 Å². The van der Waals surface area contributed by atoms with Crippen LogP contribution in [0.1, 0.15) is 79.5 Å². The monoisotopic (exact) mass is 395 g/mol. The van der Waals surface area contributed by atoms with Crippen molar-refractivity contribution in [2.75, 3.05) is 0 Å². The molecule has 1 fully saturated rings. The van der Waals surface area contributed by atoms with Gasteiger partial charge < -0.3 is 9.67 Å². The molecule has 0 aliphatic heterocycles. The Bertz CT molecular complexity index is 999. The fourth-order valence-corrected chi connectivity index (χ4v) is 4.06. The zero-order valence-corrected chi connectivity index (χ0v) is 16.2. The SMILES string of the molecule is CCCCC(CC)c1c(C(=O)O)c(=O)c2c(C)c(F)cc(F)c2n1[C@@H]1C[C@@H]1F. The summed E-state index contributed by atoms with van der Waals surface area (Å²) in [5.41, 5.74) is -1.56. The van der Waals surface area contributed by atoms with Crippen LogP contribution < -0.4 is 5.43 Å². The van der Waals surface area contributed by atoms with Gasteiger partial charge in [-0.25, -0.2) is 18.0 Å². The summed E-state index contributed by atoms with van der Waals surface area (Å²) in [6.07, 6.45) is 1.65. The maximum atomic E-state index is 14.8. The molecule has 0 amide bonds. The molecule has 1 N–H and O–H groups in total. The van der Waals surface area contributed by atoms with Crippen LogP contribution in [0.5, 0.6) is 0 Å². The number of hydrogen-bond donors (Lipinski definition) is 1. The summed E-state index contributed by atoms with van der Waals surface area (Å²) >= 11 is 0. The Labute approximate surface area is 161 Å². The molecule has 1 aromatic heterocycles. The van der Waals surface area contributed by atoms with E-state index in [0.29, 0.717) is 18.9 Å². The van der Waals surface area contributed by atoms with E-state index in [1.165, 1.54) is 11.5 Å². The van der Waals surface area contributed by atoms with Gasteiger partial charge in [-0.1, -0.05) is 26.7 Å². The van der Waals surface area contributed by atoms with Gasteiger partial charge >= 0.3 is 5.97 Å². The highest BCUT2D eigenvalue weighted by atomic mass is 19.1. The van der Waals surface area contributed by atoms with Crippen molar-refractivity contribution in [3.8, 4) is 0 Å². The Hall–Kier alpha value is -2.31. The molecule has 4 nitrogen and oxygen atoms in total. The third kappa shape index (κ3) is 3.20. The van der Waals surface area contributed by atoms with E-state index < -0.39 is 40.8 Å². The predicted molar refractivity (Wildman–Crippen MR) is 101 cm³/mol. The minimum atomic E-state index is -1.45. The van der Waals surface area contributed by atoms with E-state index in [2.05, 4.69) is 0 Å². The average molecular weight is 395 g/mol. The zero-order chi connectivity index (χ0) is 20.7. The highest BCUT2D eigenvalue weighted by molar-refractivity contribution is 5.95. The van der Waals surface area contributed by atoms with Crippen LogP contribution in [0.4, 0.5) is 13.2 Å². The number of carboxylic acid groups (broad SMARTS) is 1. The number of rotatable bonds is 7. The number of unbranched alkanes of at least 4 members (excludes halogenated alkanes) is 1. The number of nitrogens with zero attached hydrogens (tertiary/aromatic N) is 1. The molecule has 0 saturated heterocycles. The van der Waals surface area contributed by atoms with Crippen molar-refractivity contribution in [1.29, 1.82) is 0 Å². The Kier molecular flexibility index (Phi) is 5.55. The van der Waals surface area contributed by atoms with E-state index in [4.69, 9.17) is 0 Å². The number of carboxylic acids is 1. The number of benzene rings is 1. The van der Waals surface area contributed by atoms with E-state index in [-0.39, 0.29) is 34.5 Å². The highest BCUT2D eigenvalue weighted by Gasteiger charge is 2.43. The first-order chi connectivity index (χ1) is 13.2. The molecule has 152 valence electrons. The lowest BCUT2D eigenvalue weighted by molar-refractivity contribution is 0.0692. The van der Waals surface area contributed by atoms with Crippen molar-refractivity contribution < 1.29 is 23.1 Å². The number of aromatic carboxylic acids is 1. The number of hydrogen-bond acceptors (Lipinski definition) is 2. The smallest absolute Gasteiger partial charge is 0.341 e. The molecule has 28 heavy (non-hydrogen) atoms. The van der Waals surface area contributed by atoms with Gasteiger partial charge in [-0.05, 0) is 31.2 Å². The average Bonchev–Trinajstić information content (AvgIpc) is 3.35. The lowest BCUT2D eigenvalue weighted by atomic mass is 9.89. The summed E-state index contributed by atoms with van der Waals surface area (Å²) in [5.74, 6) is -3.69. The molecule has 7 heteroatoms. The Morgan fingerprint density at radius 2 is 1.96 bits per heavy atom. The van der Waals surface area contributed by atoms with E-state index in [9.17, 15) is 27.9 Å². The van der Waals surface area contributed by atoms with Crippen molar-refractivity contribution in [1.82, 2.24) is 4.57 Å². The van der Waals surface area contributed by atoms with Gasteiger partial charge in [0.15, 0.2) is 5.82 Å². The van der Waals surface area contributed by atoms with E-state index in [0.717, 1.165) is 12.8 Å². The van der Waals surface area contributed by atoms with Gasteiger partial charge in [-0.3, -0.25) is 4.79 Å². The van der Waals surface area contributed by atoms with Gasteiger partial charge in [0.25, 0.3) is 0 Å². The second kappa shape index (κ2) is 7.60. The van der Waals surface area contributed by atoms with Gasteiger partial charge in [-0.15, -0.1) is 0 Å². The van der Waals surface area contributed by atoms with Crippen LogP contribution in [0.25, 0.3) is 10.9 Å². The number of pyridine rings is 1. The van der Waals surface area contributed by atoms with Gasteiger partial charge in [-0.2, -0.15) is 0 Å². The number of aromatic nitrogens is 1. The van der Waals surface area contributed by atoms with Gasteiger partial charge in [0.1, 0.15) is 17.6 Å². The van der Waals surface area contributed by atoms with Gasteiger partial charge in [0.2, 0.25) is 5.43 Å². The summed E-state index contributed by atoms with van der Waals surface area (Å²) in [6.45, 7) is 5.15. The number of aryl methyl sites for hydroxylation is 1. The number of carbonyl (C=O) groups is 1. The minimum absolute atomic E-state index is 0.115. The maximum absolute atomic E-state index is 14.8. The first-order valence-electron chi connectivity index (χ1n) is 9.68. The molecule has 1 unspecified atom stereocenters. The lowest BCUT2D eigenvalue weighted by Gasteiger charge is -2.26. The third-order valence-electron chi connectivity index (χ3n) is 5.67. The van der Waals surface area contributed by atoms with Crippen LogP contribution in [0, 0.1) is 18.6 Å². The summed E-state index contributed by atoms with van der Waals surface area (Å²) in [7, 11) is 0. The van der Waals surface area contributed by atoms with Gasteiger partial charge in [0, 0.05) is 18.2 Å². The van der Waals surface area contributed by atoms with E-state index in [1.807, 2.05) is 13.8 Å². The molecule has 1 saturated carbocycles. The first kappa shape index (κ1) is 20.4. The molecule has 3 rings (SSSR count). The molecule has 2 aromatic rings. The zero-order valence-electron chi connectivity index (χ0n) is 16.2. The Morgan fingerprint density at radius 1 is 1.32 bits per heavy atom. The lowest BCUT2D eigenvalue weighted by Crippen LogP contribution is -2.27. The van der Waals surface area contributed by atoms with Crippen molar-refractivity contribution in [3.63, 3.8) is 0 Å². The molecule has 1 aliphatic rings. The van der Waals surface area contributed by atoms with E-state index in [1.54, 1.807) is 0 Å². The van der Waals surface area contributed by atoms with Gasteiger partial charge in [0.05, 0.1) is 16.9 Å². The molecular weight excluding hydrogens is 371 g/mol. The van der Waals surface area contributed by atoms with Crippen LogP contribution in [0.2, 0.25) is 0 Å². The van der Waals surface area contributed by atoms with Crippen molar-refractivity contribution in [2.45, 2.75) is 71.0 Å². The molecule has 0 spiro atoms.